The largest absolute Gasteiger partial charge is 0.315 e. The molecule has 0 saturated heterocycles. The van der Waals surface area contributed by atoms with E-state index in [1.54, 1.807) is 0 Å². The molecule has 0 amide bonds. The maximum absolute atomic E-state index is 6.18. The van der Waals surface area contributed by atoms with Crippen molar-refractivity contribution in [3.05, 3.63) is 16.9 Å². The molecule has 4 heteroatoms. The molecule has 0 bridgehead atoms. The lowest BCUT2D eigenvalue weighted by molar-refractivity contribution is 0.384. The van der Waals surface area contributed by atoms with Crippen LogP contribution in [0.4, 0.5) is 0 Å². The third-order valence-corrected chi connectivity index (χ3v) is 3.54. The molecule has 1 heterocycles. The minimum absolute atomic E-state index is 0.432. The van der Waals surface area contributed by atoms with Gasteiger partial charge in [-0.2, -0.15) is 5.10 Å². The van der Waals surface area contributed by atoms with Gasteiger partial charge in [0.15, 0.2) is 0 Å². The predicted molar refractivity (Wildman–Crippen MR) is 57.7 cm³/mol. The summed E-state index contributed by atoms with van der Waals surface area (Å²) in [5.41, 5.74) is 1.06. The van der Waals surface area contributed by atoms with Crippen molar-refractivity contribution in [2.24, 2.45) is 0 Å². The van der Waals surface area contributed by atoms with Crippen molar-refractivity contribution in [2.75, 3.05) is 7.05 Å². The van der Waals surface area contributed by atoms with Crippen LogP contribution < -0.4 is 5.32 Å². The molecule has 2 rings (SSSR count). The van der Waals surface area contributed by atoms with E-state index >= 15 is 0 Å². The van der Waals surface area contributed by atoms with Gasteiger partial charge in [-0.05, 0) is 33.2 Å². The molecule has 1 fully saturated rings. The van der Waals surface area contributed by atoms with Crippen molar-refractivity contribution in [1.29, 1.82) is 0 Å². The van der Waals surface area contributed by atoms with E-state index in [0.717, 1.165) is 10.7 Å². The van der Waals surface area contributed by atoms with Gasteiger partial charge in [-0.1, -0.05) is 11.6 Å². The van der Waals surface area contributed by atoms with Crippen LogP contribution in [0.5, 0.6) is 0 Å². The Morgan fingerprint density at radius 1 is 1.57 bits per heavy atom. The molecular weight excluding hydrogens is 198 g/mol. The minimum Gasteiger partial charge on any atom is -0.315 e. The van der Waals surface area contributed by atoms with Gasteiger partial charge in [-0.3, -0.25) is 0 Å². The predicted octanol–water partition coefficient (Wildman–Crippen LogP) is 2.16. The van der Waals surface area contributed by atoms with Crippen LogP contribution in [0.3, 0.4) is 0 Å². The van der Waals surface area contributed by atoms with Crippen molar-refractivity contribution in [3.8, 4) is 0 Å². The highest BCUT2D eigenvalue weighted by atomic mass is 35.5. The highest BCUT2D eigenvalue weighted by Crippen LogP contribution is 2.32. The first-order valence-corrected chi connectivity index (χ1v) is 5.48. The Balaban J connectivity index is 2.26. The van der Waals surface area contributed by atoms with Crippen LogP contribution in [0.25, 0.3) is 0 Å². The van der Waals surface area contributed by atoms with Crippen LogP contribution in [-0.4, -0.2) is 22.9 Å². The summed E-state index contributed by atoms with van der Waals surface area (Å²) in [6, 6.07) is 0.952. The van der Waals surface area contributed by atoms with Crippen LogP contribution in [0.1, 0.15) is 30.9 Å². The topological polar surface area (TPSA) is 29.9 Å². The quantitative estimate of drug-likeness (QED) is 0.816. The van der Waals surface area contributed by atoms with Gasteiger partial charge in [0.1, 0.15) is 5.15 Å². The average Bonchev–Trinajstić information content (AvgIpc) is 2.75. The number of hydrogen-bond donors (Lipinski definition) is 1. The van der Waals surface area contributed by atoms with E-state index in [1.807, 2.05) is 24.9 Å². The van der Waals surface area contributed by atoms with Crippen molar-refractivity contribution in [3.63, 3.8) is 0 Å². The van der Waals surface area contributed by atoms with Gasteiger partial charge in [0, 0.05) is 11.6 Å². The fourth-order valence-electron chi connectivity index (χ4n) is 2.23. The number of aryl methyl sites for hydroxylation is 1. The van der Waals surface area contributed by atoms with Crippen LogP contribution >= 0.6 is 11.6 Å². The number of hydrogen-bond acceptors (Lipinski definition) is 2. The Bertz CT molecular complexity index is 321. The third-order valence-electron chi connectivity index (χ3n) is 3.07. The molecule has 1 aromatic rings. The fraction of sp³-hybridized carbons (Fsp3) is 0.700. The molecule has 2 atom stereocenters. The third kappa shape index (κ3) is 1.55. The molecule has 1 aliphatic carbocycles. The van der Waals surface area contributed by atoms with E-state index in [0.29, 0.717) is 12.1 Å². The molecule has 3 nitrogen and oxygen atoms in total. The number of halogens is 1. The normalized spacial score (nSPS) is 27.1. The summed E-state index contributed by atoms with van der Waals surface area (Å²) in [4.78, 5) is 0. The van der Waals surface area contributed by atoms with E-state index in [-0.39, 0.29) is 0 Å². The first-order chi connectivity index (χ1) is 6.74. The zero-order valence-corrected chi connectivity index (χ0v) is 9.38. The fourth-order valence-corrected chi connectivity index (χ4v) is 2.45. The Hall–Kier alpha value is -0.540. The van der Waals surface area contributed by atoms with Crippen LogP contribution in [0.2, 0.25) is 5.15 Å². The molecule has 1 N–H and O–H groups in total. The van der Waals surface area contributed by atoms with Gasteiger partial charge in [-0.15, -0.1) is 0 Å². The van der Waals surface area contributed by atoms with Crippen LogP contribution in [0, 0.1) is 6.92 Å². The maximum Gasteiger partial charge on any atom is 0.130 e. The lowest BCUT2D eigenvalue weighted by Crippen LogP contribution is -2.31. The first kappa shape index (κ1) is 9.99. The summed E-state index contributed by atoms with van der Waals surface area (Å²) in [7, 11) is 2.01. The number of rotatable bonds is 2. The van der Waals surface area contributed by atoms with Crippen molar-refractivity contribution in [1.82, 2.24) is 15.1 Å². The molecule has 0 radical (unpaired) electrons. The summed E-state index contributed by atoms with van der Waals surface area (Å²) in [6.07, 6.45) is 5.49. The molecule has 1 aliphatic rings. The van der Waals surface area contributed by atoms with Crippen LogP contribution in [0.15, 0.2) is 6.20 Å². The molecule has 2 unspecified atom stereocenters. The van der Waals surface area contributed by atoms with Crippen molar-refractivity contribution in [2.45, 2.75) is 38.3 Å². The molecule has 1 saturated carbocycles. The smallest absolute Gasteiger partial charge is 0.130 e. The first-order valence-electron chi connectivity index (χ1n) is 5.11. The zero-order valence-electron chi connectivity index (χ0n) is 8.63. The Morgan fingerprint density at radius 2 is 2.36 bits per heavy atom. The molecular formula is C10H16ClN3. The lowest BCUT2D eigenvalue weighted by atomic mass is 10.2. The van der Waals surface area contributed by atoms with Crippen molar-refractivity contribution >= 4 is 11.6 Å². The van der Waals surface area contributed by atoms with Gasteiger partial charge in [0.05, 0.1) is 12.2 Å². The summed E-state index contributed by atoms with van der Waals surface area (Å²) < 4.78 is 1.96. The van der Waals surface area contributed by atoms with E-state index in [9.17, 15) is 0 Å². The van der Waals surface area contributed by atoms with E-state index in [4.69, 9.17) is 11.6 Å². The summed E-state index contributed by atoms with van der Waals surface area (Å²) in [5, 5.41) is 8.46. The number of nitrogens with zero attached hydrogens (tertiary/aromatic N) is 2. The number of nitrogens with one attached hydrogen (secondary N) is 1. The molecule has 0 aliphatic heterocycles. The highest BCUT2D eigenvalue weighted by Gasteiger charge is 2.29. The van der Waals surface area contributed by atoms with E-state index < -0.39 is 0 Å². The average molecular weight is 214 g/mol. The molecule has 0 spiro atoms. The minimum atomic E-state index is 0.432. The molecule has 1 aromatic heterocycles. The summed E-state index contributed by atoms with van der Waals surface area (Å²) in [5.74, 6) is 0. The van der Waals surface area contributed by atoms with Gasteiger partial charge < -0.3 is 5.32 Å². The second-order valence-electron chi connectivity index (χ2n) is 3.96. The monoisotopic (exact) mass is 213 g/mol. The van der Waals surface area contributed by atoms with Crippen molar-refractivity contribution < 1.29 is 0 Å². The van der Waals surface area contributed by atoms with Gasteiger partial charge >= 0.3 is 0 Å². The Labute approximate surface area is 89.4 Å². The Kier molecular flexibility index (Phi) is 2.79. The van der Waals surface area contributed by atoms with Gasteiger partial charge in [0.25, 0.3) is 0 Å². The van der Waals surface area contributed by atoms with E-state index in [1.165, 1.54) is 19.3 Å². The maximum atomic E-state index is 6.18. The molecule has 0 aromatic carbocycles. The number of likely N-dealkylation sites (N-methyl/N-ethyl adjacent to an activating group) is 1. The second-order valence-corrected chi connectivity index (χ2v) is 4.31. The van der Waals surface area contributed by atoms with E-state index in [2.05, 4.69) is 10.4 Å². The SMILES string of the molecule is CNC1CCCC1n1ncc(C)c1Cl. The summed E-state index contributed by atoms with van der Waals surface area (Å²) in [6.45, 7) is 2.00. The standard InChI is InChI=1S/C10H16ClN3/c1-7-6-13-14(10(7)11)9-5-3-4-8(9)12-2/h6,8-9,12H,3-5H2,1-2H3. The zero-order chi connectivity index (χ0) is 10.1. The van der Waals surface area contributed by atoms with Gasteiger partial charge in [-0.25, -0.2) is 4.68 Å². The molecule has 14 heavy (non-hydrogen) atoms. The second kappa shape index (κ2) is 3.91. The number of aromatic nitrogens is 2. The van der Waals surface area contributed by atoms with Gasteiger partial charge in [0.2, 0.25) is 0 Å². The lowest BCUT2D eigenvalue weighted by Gasteiger charge is -2.20. The summed E-state index contributed by atoms with van der Waals surface area (Å²) >= 11 is 6.18. The van der Waals surface area contributed by atoms with Crippen LogP contribution in [-0.2, 0) is 0 Å². The highest BCUT2D eigenvalue weighted by molar-refractivity contribution is 6.30. The molecule has 78 valence electrons. The Morgan fingerprint density at radius 3 is 2.93 bits per heavy atom.